The minimum absolute atomic E-state index is 0.110. The first-order valence-corrected chi connectivity index (χ1v) is 20.9. The van der Waals surface area contributed by atoms with Gasteiger partial charge in [-0.05, 0) is 70.6 Å². The predicted octanol–water partition coefficient (Wildman–Crippen LogP) is 13.1. The molecule has 1 unspecified atom stereocenters. The van der Waals surface area contributed by atoms with Crippen molar-refractivity contribution in [2.45, 2.75) is 187 Å². The Balaban J connectivity index is 4.47. The Morgan fingerprint density at radius 1 is 0.423 bits per heavy atom. The summed E-state index contributed by atoms with van der Waals surface area (Å²) in [5.41, 5.74) is 0. The first kappa shape index (κ1) is 48.9. The molecular weight excluding hydrogens is 648 g/mol. The van der Waals surface area contributed by atoms with Gasteiger partial charge < -0.3 is 14.2 Å². The minimum Gasteiger partial charge on any atom is -0.462 e. The van der Waals surface area contributed by atoms with Crippen LogP contribution < -0.4 is 0 Å². The number of rotatable bonds is 36. The summed E-state index contributed by atoms with van der Waals surface area (Å²) in [6, 6.07) is 0. The second-order valence-corrected chi connectivity index (χ2v) is 13.5. The largest absolute Gasteiger partial charge is 0.462 e. The second kappa shape index (κ2) is 40.6. The van der Waals surface area contributed by atoms with E-state index in [0.717, 1.165) is 83.5 Å². The lowest BCUT2D eigenvalue weighted by Crippen LogP contribution is -2.30. The van der Waals surface area contributed by atoms with E-state index in [0.29, 0.717) is 12.8 Å². The summed E-state index contributed by atoms with van der Waals surface area (Å²) in [6.07, 6.45) is 49.3. The van der Waals surface area contributed by atoms with Gasteiger partial charge in [0.2, 0.25) is 0 Å². The van der Waals surface area contributed by atoms with Crippen LogP contribution in [0.15, 0.2) is 72.9 Å². The maximum atomic E-state index is 12.6. The van der Waals surface area contributed by atoms with Crippen LogP contribution in [0.4, 0.5) is 0 Å². The van der Waals surface area contributed by atoms with E-state index in [4.69, 9.17) is 14.2 Å². The highest BCUT2D eigenvalue weighted by atomic mass is 16.6. The maximum absolute atomic E-state index is 12.6. The van der Waals surface area contributed by atoms with E-state index in [1.54, 1.807) is 6.08 Å². The van der Waals surface area contributed by atoms with E-state index in [9.17, 15) is 14.4 Å². The Hall–Kier alpha value is -3.15. The number of carbonyl (C=O) groups is 3. The Morgan fingerprint density at radius 2 is 0.827 bits per heavy atom. The Morgan fingerprint density at radius 3 is 1.35 bits per heavy atom. The molecule has 0 amide bonds. The van der Waals surface area contributed by atoms with Gasteiger partial charge in [-0.3, -0.25) is 14.4 Å². The molecule has 0 aliphatic rings. The fraction of sp³-hybridized carbons (Fsp3) is 0.674. The second-order valence-electron chi connectivity index (χ2n) is 13.5. The van der Waals surface area contributed by atoms with Gasteiger partial charge in [-0.15, -0.1) is 0 Å². The molecule has 296 valence electrons. The molecule has 1 atom stereocenters. The van der Waals surface area contributed by atoms with Crippen molar-refractivity contribution in [3.8, 4) is 0 Å². The molecule has 6 nitrogen and oxygen atoms in total. The summed E-state index contributed by atoms with van der Waals surface area (Å²) < 4.78 is 16.5. The molecule has 0 aliphatic carbocycles. The van der Waals surface area contributed by atoms with Gasteiger partial charge in [0.25, 0.3) is 0 Å². The molecule has 0 N–H and O–H groups in total. The molecule has 0 spiro atoms. The SMILES string of the molecule is CC/C=C\C/C=C\C/C=C\C/C=C\C/C=C\CC(=O)OCC(COC(=O)CCCCCCCC)OC(=O)CCCCCCC/C=C\CCCCCC. The summed E-state index contributed by atoms with van der Waals surface area (Å²) in [5.74, 6) is -1.07. The van der Waals surface area contributed by atoms with Crippen molar-refractivity contribution >= 4 is 17.9 Å². The summed E-state index contributed by atoms with van der Waals surface area (Å²) >= 11 is 0. The van der Waals surface area contributed by atoms with Gasteiger partial charge in [-0.2, -0.15) is 0 Å². The highest BCUT2D eigenvalue weighted by molar-refractivity contribution is 5.72. The van der Waals surface area contributed by atoms with Crippen LogP contribution in [-0.4, -0.2) is 37.2 Å². The number of hydrogen-bond donors (Lipinski definition) is 0. The van der Waals surface area contributed by atoms with Crippen molar-refractivity contribution < 1.29 is 28.6 Å². The lowest BCUT2D eigenvalue weighted by molar-refractivity contribution is -0.166. The minimum atomic E-state index is -0.813. The van der Waals surface area contributed by atoms with Crippen molar-refractivity contribution in [2.75, 3.05) is 13.2 Å². The standard InChI is InChI=1S/C46H76O6/c1-4-7-10-13-16-18-20-22-23-25-26-28-30-33-36-39-45(48)51-42-43(41-50-44(47)38-35-32-15-12-9-6-3)52-46(49)40-37-34-31-29-27-24-21-19-17-14-11-8-5-2/h7,10,16,18-19,21-23,26,28,33,36,43H,4-6,8-9,11-15,17,20,24-25,27,29-32,34-35,37-42H2,1-3H3/b10-7-,18-16-,21-19-,23-22-,28-26-,36-33-. The molecule has 0 saturated carbocycles. The van der Waals surface area contributed by atoms with E-state index >= 15 is 0 Å². The molecule has 0 aromatic rings. The topological polar surface area (TPSA) is 78.9 Å². The average Bonchev–Trinajstić information content (AvgIpc) is 3.14. The zero-order valence-corrected chi connectivity index (χ0v) is 33.5. The third-order valence-corrected chi connectivity index (χ3v) is 8.48. The quantitative estimate of drug-likeness (QED) is 0.0277. The van der Waals surface area contributed by atoms with Gasteiger partial charge in [0.05, 0.1) is 6.42 Å². The smallest absolute Gasteiger partial charge is 0.309 e. The molecular formula is C46H76O6. The van der Waals surface area contributed by atoms with Crippen LogP contribution in [0.3, 0.4) is 0 Å². The van der Waals surface area contributed by atoms with Gasteiger partial charge in [0.15, 0.2) is 6.10 Å². The van der Waals surface area contributed by atoms with Crippen LogP contribution in [0.2, 0.25) is 0 Å². The monoisotopic (exact) mass is 725 g/mol. The number of hydrogen-bond acceptors (Lipinski definition) is 6. The summed E-state index contributed by atoms with van der Waals surface area (Å²) in [4.78, 5) is 37.4. The predicted molar refractivity (Wildman–Crippen MR) is 219 cm³/mol. The zero-order chi connectivity index (χ0) is 38.0. The van der Waals surface area contributed by atoms with Gasteiger partial charge >= 0.3 is 17.9 Å². The molecule has 0 aliphatic heterocycles. The van der Waals surface area contributed by atoms with Crippen molar-refractivity contribution in [3.05, 3.63) is 72.9 Å². The van der Waals surface area contributed by atoms with Crippen molar-refractivity contribution in [3.63, 3.8) is 0 Å². The normalized spacial score (nSPS) is 12.8. The molecule has 0 saturated heterocycles. The van der Waals surface area contributed by atoms with Crippen molar-refractivity contribution in [2.24, 2.45) is 0 Å². The van der Waals surface area contributed by atoms with Crippen molar-refractivity contribution in [1.29, 1.82) is 0 Å². The Kier molecular flexibility index (Phi) is 38.2. The third kappa shape index (κ3) is 38.1. The maximum Gasteiger partial charge on any atom is 0.309 e. The molecule has 0 rings (SSSR count). The highest BCUT2D eigenvalue weighted by Gasteiger charge is 2.19. The summed E-state index contributed by atoms with van der Waals surface area (Å²) in [6.45, 7) is 6.31. The molecule has 0 bridgehead atoms. The number of esters is 3. The summed E-state index contributed by atoms with van der Waals surface area (Å²) in [7, 11) is 0. The molecule has 0 aromatic heterocycles. The third-order valence-electron chi connectivity index (χ3n) is 8.48. The number of ether oxygens (including phenoxy) is 3. The van der Waals surface area contributed by atoms with Crippen LogP contribution in [0.25, 0.3) is 0 Å². The zero-order valence-electron chi connectivity index (χ0n) is 33.5. The van der Waals surface area contributed by atoms with Crippen LogP contribution in [0.5, 0.6) is 0 Å². The molecule has 0 heterocycles. The Labute approximate surface area is 319 Å². The van der Waals surface area contributed by atoms with E-state index < -0.39 is 12.1 Å². The van der Waals surface area contributed by atoms with Gasteiger partial charge in [-0.1, -0.05) is 164 Å². The fourth-order valence-corrected chi connectivity index (χ4v) is 5.33. The molecule has 0 radical (unpaired) electrons. The van der Waals surface area contributed by atoms with Crippen LogP contribution >= 0.6 is 0 Å². The first-order chi connectivity index (χ1) is 25.5. The molecule has 6 heteroatoms. The molecule has 0 fully saturated rings. The average molecular weight is 725 g/mol. The lowest BCUT2D eigenvalue weighted by atomic mass is 10.1. The van der Waals surface area contributed by atoms with Gasteiger partial charge in [0.1, 0.15) is 13.2 Å². The lowest BCUT2D eigenvalue weighted by Gasteiger charge is -2.18. The molecule has 52 heavy (non-hydrogen) atoms. The van der Waals surface area contributed by atoms with E-state index in [-0.39, 0.29) is 31.6 Å². The van der Waals surface area contributed by atoms with E-state index in [1.165, 1.54) is 57.8 Å². The number of unbranched alkanes of at least 4 members (excludes halogenated alkanes) is 14. The van der Waals surface area contributed by atoms with Gasteiger partial charge in [-0.25, -0.2) is 0 Å². The number of carbonyl (C=O) groups excluding carboxylic acids is 3. The van der Waals surface area contributed by atoms with Gasteiger partial charge in [0, 0.05) is 12.8 Å². The summed E-state index contributed by atoms with van der Waals surface area (Å²) in [5, 5.41) is 0. The fourth-order valence-electron chi connectivity index (χ4n) is 5.33. The van der Waals surface area contributed by atoms with E-state index in [1.807, 2.05) is 6.08 Å². The van der Waals surface area contributed by atoms with Crippen LogP contribution in [-0.2, 0) is 28.6 Å². The molecule has 0 aromatic carbocycles. The number of allylic oxidation sites excluding steroid dienone is 11. The Bertz CT molecular complexity index is 1020. The van der Waals surface area contributed by atoms with Crippen LogP contribution in [0, 0.1) is 0 Å². The van der Waals surface area contributed by atoms with E-state index in [2.05, 4.69) is 81.5 Å². The van der Waals surface area contributed by atoms with Crippen LogP contribution in [0.1, 0.15) is 181 Å². The first-order valence-electron chi connectivity index (χ1n) is 20.9. The van der Waals surface area contributed by atoms with Crippen molar-refractivity contribution in [1.82, 2.24) is 0 Å². The highest BCUT2D eigenvalue weighted by Crippen LogP contribution is 2.12.